The van der Waals surface area contributed by atoms with Gasteiger partial charge in [0.25, 0.3) is 0 Å². The molecule has 3 rings (SSSR count). The second-order valence-corrected chi connectivity index (χ2v) is 10.6. The SMILES string of the molecule is CCCCCCCCO[C@@H]1O[C@@H](C)[C@@H](OCc2ccc(OC)cc2)[C@H](O)[C@H]1Sc1ccc(C)cc1. The predicted molar refractivity (Wildman–Crippen MR) is 142 cm³/mol. The molecule has 1 saturated heterocycles. The van der Waals surface area contributed by atoms with Gasteiger partial charge in [-0.3, -0.25) is 0 Å². The molecule has 5 atom stereocenters. The van der Waals surface area contributed by atoms with E-state index in [1.165, 1.54) is 31.2 Å². The van der Waals surface area contributed by atoms with Crippen LogP contribution in [0.2, 0.25) is 0 Å². The number of methoxy groups -OCH3 is 1. The summed E-state index contributed by atoms with van der Waals surface area (Å²) < 4.78 is 23.9. The topological polar surface area (TPSA) is 57.2 Å². The molecule has 1 N–H and O–H groups in total. The van der Waals surface area contributed by atoms with Gasteiger partial charge in [0, 0.05) is 11.5 Å². The van der Waals surface area contributed by atoms with E-state index in [0.29, 0.717) is 13.2 Å². The molecule has 0 bridgehead atoms. The number of unbranched alkanes of at least 4 members (excludes halogenated alkanes) is 5. The lowest BCUT2D eigenvalue weighted by molar-refractivity contribution is -0.252. The van der Waals surface area contributed by atoms with E-state index >= 15 is 0 Å². The Morgan fingerprint density at radius 2 is 1.60 bits per heavy atom. The summed E-state index contributed by atoms with van der Waals surface area (Å²) in [5.74, 6) is 0.808. The quantitative estimate of drug-likeness (QED) is 0.296. The summed E-state index contributed by atoms with van der Waals surface area (Å²) in [6.07, 6.45) is 5.30. The summed E-state index contributed by atoms with van der Waals surface area (Å²) in [6.45, 7) is 7.29. The molecule has 0 amide bonds. The molecule has 1 fully saturated rings. The van der Waals surface area contributed by atoms with Gasteiger partial charge in [0.2, 0.25) is 0 Å². The zero-order valence-electron chi connectivity index (χ0n) is 21.7. The van der Waals surface area contributed by atoms with Crippen LogP contribution in [-0.4, -0.2) is 48.7 Å². The third-order valence-corrected chi connectivity index (χ3v) is 7.75. The fourth-order valence-electron chi connectivity index (χ4n) is 4.26. The minimum Gasteiger partial charge on any atom is -0.497 e. The number of aryl methyl sites for hydroxylation is 1. The number of thioether (sulfide) groups is 1. The van der Waals surface area contributed by atoms with Crippen LogP contribution in [-0.2, 0) is 20.8 Å². The van der Waals surface area contributed by atoms with E-state index in [9.17, 15) is 5.11 Å². The molecule has 1 heterocycles. The Morgan fingerprint density at radius 3 is 2.29 bits per heavy atom. The smallest absolute Gasteiger partial charge is 0.172 e. The van der Waals surface area contributed by atoms with Gasteiger partial charge in [0.1, 0.15) is 11.9 Å². The Bertz CT molecular complexity index is 841. The monoisotopic (exact) mass is 502 g/mol. The number of hydrogen-bond donors (Lipinski definition) is 1. The zero-order valence-corrected chi connectivity index (χ0v) is 22.5. The molecule has 0 radical (unpaired) electrons. The number of aliphatic hydroxyl groups excluding tert-OH is 1. The lowest BCUT2D eigenvalue weighted by Crippen LogP contribution is -2.57. The second-order valence-electron chi connectivity index (χ2n) is 9.36. The minimum absolute atomic E-state index is 0.283. The number of aliphatic hydroxyl groups is 1. The van der Waals surface area contributed by atoms with Crippen molar-refractivity contribution in [3.63, 3.8) is 0 Å². The van der Waals surface area contributed by atoms with Crippen LogP contribution in [0.4, 0.5) is 0 Å². The van der Waals surface area contributed by atoms with Gasteiger partial charge in [0.15, 0.2) is 6.29 Å². The number of rotatable bonds is 14. The van der Waals surface area contributed by atoms with E-state index in [-0.39, 0.29) is 11.4 Å². The van der Waals surface area contributed by atoms with Gasteiger partial charge >= 0.3 is 0 Å². The lowest BCUT2D eigenvalue weighted by atomic mass is 10.0. The van der Waals surface area contributed by atoms with E-state index in [0.717, 1.165) is 29.1 Å². The summed E-state index contributed by atoms with van der Waals surface area (Å²) in [5, 5.41) is 11.1. The highest BCUT2D eigenvalue weighted by Gasteiger charge is 2.45. The maximum absolute atomic E-state index is 11.4. The molecule has 2 aromatic rings. The molecule has 0 aromatic heterocycles. The molecule has 194 valence electrons. The van der Waals surface area contributed by atoms with Crippen molar-refractivity contribution in [2.45, 2.75) is 101 Å². The molecule has 6 heteroatoms. The van der Waals surface area contributed by atoms with Crippen molar-refractivity contribution < 1.29 is 24.1 Å². The van der Waals surface area contributed by atoms with Gasteiger partial charge in [-0.15, -0.1) is 11.8 Å². The lowest BCUT2D eigenvalue weighted by Gasteiger charge is -2.43. The number of benzene rings is 2. The van der Waals surface area contributed by atoms with Gasteiger partial charge in [-0.25, -0.2) is 0 Å². The molecule has 2 aromatic carbocycles. The molecule has 0 unspecified atom stereocenters. The molecule has 0 aliphatic carbocycles. The van der Waals surface area contributed by atoms with Crippen LogP contribution < -0.4 is 4.74 Å². The zero-order chi connectivity index (χ0) is 25.0. The number of ether oxygens (including phenoxy) is 4. The summed E-state index contributed by atoms with van der Waals surface area (Å²) in [4.78, 5) is 1.08. The highest BCUT2D eigenvalue weighted by molar-refractivity contribution is 8.00. The summed E-state index contributed by atoms with van der Waals surface area (Å²) >= 11 is 1.60. The first-order valence-electron chi connectivity index (χ1n) is 12.9. The van der Waals surface area contributed by atoms with Gasteiger partial charge in [-0.05, 0) is 50.1 Å². The van der Waals surface area contributed by atoms with Crippen molar-refractivity contribution in [1.29, 1.82) is 0 Å². The van der Waals surface area contributed by atoms with Crippen LogP contribution in [0.15, 0.2) is 53.4 Å². The summed E-state index contributed by atoms with van der Waals surface area (Å²) in [7, 11) is 1.65. The maximum Gasteiger partial charge on any atom is 0.172 e. The van der Waals surface area contributed by atoms with Crippen molar-refractivity contribution in [2.75, 3.05) is 13.7 Å². The van der Waals surface area contributed by atoms with Crippen molar-refractivity contribution in [3.05, 3.63) is 59.7 Å². The van der Waals surface area contributed by atoms with Gasteiger partial charge in [-0.1, -0.05) is 68.9 Å². The fraction of sp³-hybridized carbons (Fsp3) is 0.586. The normalized spacial score (nSPS) is 24.4. The first-order chi connectivity index (χ1) is 17.0. The summed E-state index contributed by atoms with van der Waals surface area (Å²) in [5.41, 5.74) is 2.23. The molecule has 1 aliphatic rings. The van der Waals surface area contributed by atoms with Crippen molar-refractivity contribution in [3.8, 4) is 5.75 Å². The van der Waals surface area contributed by atoms with Crippen LogP contribution in [0, 0.1) is 6.92 Å². The Morgan fingerprint density at radius 1 is 0.914 bits per heavy atom. The molecule has 0 saturated carbocycles. The Hall–Kier alpha value is -1.57. The van der Waals surface area contributed by atoms with Gasteiger partial charge < -0.3 is 24.1 Å². The van der Waals surface area contributed by atoms with Crippen LogP contribution in [0.1, 0.15) is 63.5 Å². The van der Waals surface area contributed by atoms with Crippen LogP contribution in [0.5, 0.6) is 5.75 Å². The molecule has 35 heavy (non-hydrogen) atoms. The maximum atomic E-state index is 11.4. The average Bonchev–Trinajstić information content (AvgIpc) is 2.87. The minimum atomic E-state index is -0.724. The third kappa shape index (κ3) is 8.80. The second kappa shape index (κ2) is 14.9. The highest BCUT2D eigenvalue weighted by Crippen LogP contribution is 2.37. The standard InChI is InChI=1S/C29H42O5S/c1-5-6-7-8-9-10-19-32-29-28(35-25-17-11-21(2)12-18-25)26(30)27(22(3)34-29)33-20-23-13-15-24(31-4)16-14-23/h11-18,22,26-30H,5-10,19-20H2,1-4H3/t22-,26-,27+,28+,29+/m0/s1. The Labute approximate surface area is 215 Å². The summed E-state index contributed by atoms with van der Waals surface area (Å²) in [6, 6.07) is 16.1. The number of hydrogen-bond acceptors (Lipinski definition) is 6. The Balaban J connectivity index is 1.62. The molecule has 1 aliphatic heterocycles. The molecule has 5 nitrogen and oxygen atoms in total. The largest absolute Gasteiger partial charge is 0.497 e. The van der Waals surface area contributed by atoms with Crippen LogP contribution in [0.25, 0.3) is 0 Å². The van der Waals surface area contributed by atoms with Gasteiger partial charge in [-0.2, -0.15) is 0 Å². The fourth-order valence-corrected chi connectivity index (χ4v) is 5.41. The van der Waals surface area contributed by atoms with E-state index in [1.807, 2.05) is 31.2 Å². The van der Waals surface area contributed by atoms with Crippen molar-refractivity contribution in [2.24, 2.45) is 0 Å². The van der Waals surface area contributed by atoms with Crippen molar-refractivity contribution in [1.82, 2.24) is 0 Å². The molecular weight excluding hydrogens is 460 g/mol. The first-order valence-corrected chi connectivity index (χ1v) is 13.8. The highest BCUT2D eigenvalue weighted by atomic mass is 32.2. The third-order valence-electron chi connectivity index (χ3n) is 6.43. The molecular formula is C29H42O5S. The van der Waals surface area contributed by atoms with E-state index in [4.69, 9.17) is 18.9 Å². The Kier molecular flexibility index (Phi) is 11.9. The van der Waals surface area contributed by atoms with E-state index < -0.39 is 18.5 Å². The first kappa shape index (κ1) is 28.0. The van der Waals surface area contributed by atoms with E-state index in [1.54, 1.807) is 18.9 Å². The average molecular weight is 503 g/mol. The van der Waals surface area contributed by atoms with Crippen molar-refractivity contribution >= 4 is 11.8 Å². The van der Waals surface area contributed by atoms with Crippen LogP contribution >= 0.6 is 11.8 Å². The van der Waals surface area contributed by atoms with Gasteiger partial charge in [0.05, 0.1) is 31.2 Å². The molecule has 0 spiro atoms. The predicted octanol–water partition coefficient (Wildman–Crippen LogP) is 6.53. The van der Waals surface area contributed by atoms with E-state index in [2.05, 4.69) is 38.1 Å². The van der Waals surface area contributed by atoms with Crippen LogP contribution in [0.3, 0.4) is 0 Å².